The topological polar surface area (TPSA) is 117 Å². The van der Waals surface area contributed by atoms with Crippen LogP contribution in [0.1, 0.15) is 13.3 Å². The van der Waals surface area contributed by atoms with Gasteiger partial charge in [-0.2, -0.15) is 0 Å². The van der Waals surface area contributed by atoms with Crippen molar-refractivity contribution in [2.75, 3.05) is 31.1 Å². The Morgan fingerprint density at radius 1 is 1.38 bits per heavy atom. The quantitative estimate of drug-likeness (QED) is 0.332. The molecule has 1 aromatic rings. The Kier molecular flexibility index (Phi) is 7.27. The van der Waals surface area contributed by atoms with Gasteiger partial charge in [0.1, 0.15) is 0 Å². The maximum atomic E-state index is 12.2. The highest BCUT2D eigenvalue weighted by Crippen LogP contribution is 2.15. The Bertz CT molecular complexity index is 856. The smallest absolute Gasteiger partial charge is 0.240 e. The number of hydrogen-bond donors (Lipinski definition) is 3. The average Bonchev–Trinajstić information content (AvgIpc) is 2.90. The van der Waals surface area contributed by atoms with Crippen molar-refractivity contribution in [3.8, 4) is 0 Å². The van der Waals surface area contributed by atoms with Crippen LogP contribution in [0.5, 0.6) is 0 Å². The molecule has 0 aliphatic carbocycles. The highest BCUT2D eigenvalue weighted by atomic mass is 35.5. The third-order valence-corrected chi connectivity index (χ3v) is 7.16. The van der Waals surface area contributed by atoms with Gasteiger partial charge in [-0.25, -0.2) is 21.6 Å². The van der Waals surface area contributed by atoms with Crippen molar-refractivity contribution in [2.24, 2.45) is 4.99 Å². The zero-order chi connectivity index (χ0) is 19.2. The van der Waals surface area contributed by atoms with E-state index in [9.17, 15) is 16.8 Å². The first-order chi connectivity index (χ1) is 12.2. The van der Waals surface area contributed by atoms with Gasteiger partial charge >= 0.3 is 0 Å². The van der Waals surface area contributed by atoms with Gasteiger partial charge in [-0.15, -0.1) is 0 Å². The molecule has 0 bridgehead atoms. The Balaban J connectivity index is 1.89. The second-order valence-corrected chi connectivity index (χ2v) is 10.3. The van der Waals surface area contributed by atoms with Crippen molar-refractivity contribution in [2.45, 2.75) is 24.3 Å². The molecule has 0 saturated carbocycles. The number of halogens is 1. The van der Waals surface area contributed by atoms with Crippen LogP contribution < -0.4 is 15.4 Å². The molecule has 1 atom stereocenters. The predicted molar refractivity (Wildman–Crippen MR) is 103 cm³/mol. The van der Waals surface area contributed by atoms with Gasteiger partial charge in [0, 0.05) is 24.2 Å². The van der Waals surface area contributed by atoms with Crippen molar-refractivity contribution in [3.63, 3.8) is 0 Å². The van der Waals surface area contributed by atoms with Gasteiger partial charge in [-0.05, 0) is 31.5 Å². The van der Waals surface area contributed by atoms with Crippen LogP contribution in [0, 0.1) is 0 Å². The van der Waals surface area contributed by atoms with Crippen molar-refractivity contribution in [1.82, 2.24) is 15.4 Å². The third-order valence-electron chi connectivity index (χ3n) is 3.70. The van der Waals surface area contributed by atoms with E-state index in [0.29, 0.717) is 23.9 Å². The number of sulfonamides is 1. The number of sulfone groups is 1. The summed E-state index contributed by atoms with van der Waals surface area (Å²) in [6.45, 7) is 2.81. The van der Waals surface area contributed by atoms with E-state index < -0.39 is 19.9 Å². The number of guanidine groups is 1. The molecule has 0 aromatic heterocycles. The molecule has 11 heteroatoms. The average molecular weight is 423 g/mol. The molecule has 1 aliphatic rings. The summed E-state index contributed by atoms with van der Waals surface area (Å²) in [5, 5.41) is 6.44. The Morgan fingerprint density at radius 3 is 2.77 bits per heavy atom. The molecule has 1 heterocycles. The largest absolute Gasteiger partial charge is 0.357 e. The summed E-state index contributed by atoms with van der Waals surface area (Å²) in [5.41, 5.74) is 0. The van der Waals surface area contributed by atoms with Crippen molar-refractivity contribution in [3.05, 3.63) is 29.3 Å². The summed E-state index contributed by atoms with van der Waals surface area (Å²) in [4.78, 5) is 4.38. The molecule has 1 aliphatic heterocycles. The summed E-state index contributed by atoms with van der Waals surface area (Å²) in [7, 11) is -6.64. The monoisotopic (exact) mass is 422 g/mol. The van der Waals surface area contributed by atoms with E-state index in [1.54, 1.807) is 12.1 Å². The normalized spacial score (nSPS) is 20.1. The fraction of sp³-hybridized carbons (Fsp3) is 0.533. The van der Waals surface area contributed by atoms with Gasteiger partial charge < -0.3 is 10.6 Å². The molecule has 2 rings (SSSR count). The number of nitrogens with one attached hydrogen (secondary N) is 3. The minimum Gasteiger partial charge on any atom is -0.357 e. The van der Waals surface area contributed by atoms with Gasteiger partial charge in [0.15, 0.2) is 15.8 Å². The fourth-order valence-electron chi connectivity index (χ4n) is 2.49. The second-order valence-electron chi connectivity index (χ2n) is 5.86. The number of nitrogens with zero attached hydrogens (tertiary/aromatic N) is 1. The van der Waals surface area contributed by atoms with Crippen LogP contribution in [0.4, 0.5) is 0 Å². The molecular formula is C15H23ClN4O4S2. The van der Waals surface area contributed by atoms with Crippen LogP contribution in [0.3, 0.4) is 0 Å². The van der Waals surface area contributed by atoms with Crippen molar-refractivity contribution < 1.29 is 16.8 Å². The molecule has 8 nitrogen and oxygen atoms in total. The van der Waals surface area contributed by atoms with E-state index in [4.69, 9.17) is 11.6 Å². The summed E-state index contributed by atoms with van der Waals surface area (Å²) < 4.78 is 49.9. The molecular weight excluding hydrogens is 400 g/mol. The minimum atomic E-state index is -3.65. The Morgan fingerprint density at radius 2 is 2.15 bits per heavy atom. The van der Waals surface area contributed by atoms with Crippen LogP contribution in [0.25, 0.3) is 0 Å². The highest BCUT2D eigenvalue weighted by Gasteiger charge is 2.28. The second kappa shape index (κ2) is 9.03. The first-order valence-electron chi connectivity index (χ1n) is 8.22. The number of aliphatic imine (C=N–C) groups is 1. The van der Waals surface area contributed by atoms with Gasteiger partial charge in [-0.3, -0.25) is 4.99 Å². The Hall–Kier alpha value is -1.36. The summed E-state index contributed by atoms with van der Waals surface area (Å²) >= 11 is 5.82. The molecule has 146 valence electrons. The molecule has 26 heavy (non-hydrogen) atoms. The molecule has 1 fully saturated rings. The predicted octanol–water partition coefficient (Wildman–Crippen LogP) is 0.361. The number of hydrogen-bond acceptors (Lipinski definition) is 5. The molecule has 1 unspecified atom stereocenters. The van der Waals surface area contributed by atoms with Crippen molar-refractivity contribution >= 4 is 37.4 Å². The van der Waals surface area contributed by atoms with E-state index in [0.717, 1.165) is 0 Å². The first-order valence-corrected chi connectivity index (χ1v) is 11.9. The molecule has 0 amide bonds. The van der Waals surface area contributed by atoms with E-state index in [1.165, 1.54) is 12.1 Å². The third kappa shape index (κ3) is 6.42. The van der Waals surface area contributed by atoms with E-state index in [-0.39, 0.29) is 35.5 Å². The van der Waals surface area contributed by atoms with E-state index in [1.807, 2.05) is 6.92 Å². The van der Waals surface area contributed by atoms with Crippen LogP contribution in [-0.4, -0.2) is 60.0 Å². The van der Waals surface area contributed by atoms with Crippen LogP contribution >= 0.6 is 11.6 Å². The summed E-state index contributed by atoms with van der Waals surface area (Å²) in [6.07, 6.45) is 0.536. The van der Waals surface area contributed by atoms with Crippen LogP contribution in [-0.2, 0) is 19.9 Å². The molecule has 0 radical (unpaired) electrons. The van der Waals surface area contributed by atoms with Crippen molar-refractivity contribution in [1.29, 1.82) is 0 Å². The fourth-order valence-corrected chi connectivity index (χ4v) is 5.48. The lowest BCUT2D eigenvalue weighted by molar-refractivity contribution is 0.581. The summed E-state index contributed by atoms with van der Waals surface area (Å²) in [5.74, 6) is 0.721. The first kappa shape index (κ1) is 20.9. The van der Waals surface area contributed by atoms with Gasteiger partial charge in [0.25, 0.3) is 0 Å². The van der Waals surface area contributed by atoms with Gasteiger partial charge in [-0.1, -0.05) is 17.7 Å². The lowest BCUT2D eigenvalue weighted by Gasteiger charge is -2.15. The zero-order valence-corrected chi connectivity index (χ0v) is 16.8. The molecule has 1 saturated heterocycles. The molecule has 3 N–H and O–H groups in total. The lowest BCUT2D eigenvalue weighted by Crippen LogP contribution is -2.44. The van der Waals surface area contributed by atoms with E-state index >= 15 is 0 Å². The Labute approximate surface area is 159 Å². The van der Waals surface area contributed by atoms with Gasteiger partial charge in [0.2, 0.25) is 10.0 Å². The highest BCUT2D eigenvalue weighted by molar-refractivity contribution is 7.91. The number of rotatable bonds is 7. The van der Waals surface area contributed by atoms with Crippen LogP contribution in [0.2, 0.25) is 5.02 Å². The number of benzene rings is 1. The SMILES string of the molecule is CCNC(=NCCNS(=O)(=O)c1cccc(Cl)c1)NC1CCS(=O)(=O)C1. The zero-order valence-electron chi connectivity index (χ0n) is 14.4. The standard InChI is InChI=1S/C15H23ClN4O4S2/c1-2-17-15(20-13-6-9-25(21,22)11-13)18-7-8-19-26(23,24)14-5-3-4-12(16)10-14/h3-5,10,13,19H,2,6-9,11H2,1H3,(H2,17,18,20). The van der Waals surface area contributed by atoms with Crippen LogP contribution in [0.15, 0.2) is 34.2 Å². The lowest BCUT2D eigenvalue weighted by atomic mass is 10.3. The molecule has 1 aromatic carbocycles. The maximum Gasteiger partial charge on any atom is 0.240 e. The molecule has 0 spiro atoms. The maximum absolute atomic E-state index is 12.2. The van der Waals surface area contributed by atoms with Gasteiger partial charge in [0.05, 0.1) is 22.9 Å². The summed E-state index contributed by atoms with van der Waals surface area (Å²) in [6, 6.07) is 5.82. The van der Waals surface area contributed by atoms with E-state index in [2.05, 4.69) is 20.3 Å². The minimum absolute atomic E-state index is 0.0822.